The van der Waals surface area contributed by atoms with Gasteiger partial charge in [-0.15, -0.1) is 0 Å². The summed E-state index contributed by atoms with van der Waals surface area (Å²) in [6.45, 7) is 11.0. The molecule has 180 valence electrons. The molecule has 0 saturated carbocycles. The Bertz CT molecular complexity index is 744. The minimum Gasteiger partial charge on any atom is -0.383 e. The van der Waals surface area contributed by atoms with Gasteiger partial charge in [0.05, 0.1) is 23.2 Å². The quantitative estimate of drug-likeness (QED) is 0.383. The zero-order chi connectivity index (χ0) is 24.1. The van der Waals surface area contributed by atoms with Gasteiger partial charge in [-0.3, -0.25) is 9.59 Å². The van der Waals surface area contributed by atoms with E-state index in [2.05, 4.69) is 26.1 Å². The van der Waals surface area contributed by atoms with Gasteiger partial charge in [-0.05, 0) is 38.3 Å². The molecule has 3 N–H and O–H groups in total. The highest BCUT2D eigenvalue weighted by Crippen LogP contribution is 2.19. The van der Waals surface area contributed by atoms with Crippen LogP contribution in [0.2, 0.25) is 5.02 Å². The summed E-state index contributed by atoms with van der Waals surface area (Å²) < 4.78 is 5.12. The maximum Gasteiger partial charge on any atom is 0.269 e. The molecule has 0 spiro atoms. The second kappa shape index (κ2) is 14.8. The smallest absolute Gasteiger partial charge is 0.269 e. The molecule has 0 radical (unpaired) electrons. The first-order valence-corrected chi connectivity index (χ1v) is 11.6. The number of benzene rings is 1. The number of likely N-dealkylation sites (tertiary alicyclic amines) is 1. The van der Waals surface area contributed by atoms with Crippen molar-refractivity contribution in [1.29, 1.82) is 0 Å². The van der Waals surface area contributed by atoms with Crippen LogP contribution < -0.4 is 16.1 Å². The maximum atomic E-state index is 12.9. The zero-order valence-electron chi connectivity index (χ0n) is 20.1. The Morgan fingerprint density at radius 2 is 1.94 bits per heavy atom. The number of rotatable bonds is 9. The lowest BCUT2D eigenvalue weighted by Crippen LogP contribution is -2.51. The fourth-order valence-corrected chi connectivity index (χ4v) is 3.81. The summed E-state index contributed by atoms with van der Waals surface area (Å²) in [4.78, 5) is 27.9. The van der Waals surface area contributed by atoms with E-state index in [0.717, 1.165) is 38.0 Å². The van der Waals surface area contributed by atoms with Crippen LogP contribution in [0.15, 0.2) is 23.3 Å². The molecule has 1 aliphatic rings. The third kappa shape index (κ3) is 8.41. The highest BCUT2D eigenvalue weighted by atomic mass is 35.5. The Labute approximate surface area is 197 Å². The number of ether oxygens (including phenoxy) is 1. The molecule has 1 fully saturated rings. The number of hydrogen-bond donors (Lipinski definition) is 3. The Morgan fingerprint density at radius 1 is 1.28 bits per heavy atom. The molecule has 2 rings (SSSR count). The van der Waals surface area contributed by atoms with E-state index in [4.69, 9.17) is 16.3 Å². The number of amides is 2. The molecular weight excluding hydrogens is 430 g/mol. The minimum atomic E-state index is -0.595. The van der Waals surface area contributed by atoms with Crippen molar-refractivity contribution in [1.82, 2.24) is 21.0 Å². The van der Waals surface area contributed by atoms with E-state index in [9.17, 15) is 9.59 Å². The lowest BCUT2D eigenvalue weighted by Gasteiger charge is -2.32. The molecule has 9 heteroatoms. The number of methoxy groups -OCH3 is 1. The average Bonchev–Trinajstić information content (AvgIpc) is 2.78. The molecule has 1 aromatic rings. The third-order valence-corrected chi connectivity index (χ3v) is 5.52. The summed E-state index contributed by atoms with van der Waals surface area (Å²) in [7, 11) is 3.32. The summed E-state index contributed by atoms with van der Waals surface area (Å²) in [5.41, 5.74) is 4.05. The van der Waals surface area contributed by atoms with Gasteiger partial charge in [0, 0.05) is 39.8 Å². The molecule has 1 unspecified atom stereocenters. The number of piperidine rings is 1. The number of nitrogens with one attached hydrogen (secondary N) is 3. The van der Waals surface area contributed by atoms with E-state index in [0.29, 0.717) is 17.2 Å². The van der Waals surface area contributed by atoms with Crippen molar-refractivity contribution in [3.8, 4) is 0 Å². The minimum absolute atomic E-state index is 0.0760. The summed E-state index contributed by atoms with van der Waals surface area (Å²) in [6.07, 6.45) is 1.73. The van der Waals surface area contributed by atoms with Crippen LogP contribution in [0.25, 0.3) is 0 Å². The van der Waals surface area contributed by atoms with E-state index >= 15 is 0 Å². The fraction of sp³-hybridized carbons (Fsp3) is 0.609. The molecule has 0 aromatic heterocycles. The van der Waals surface area contributed by atoms with Crippen molar-refractivity contribution < 1.29 is 14.3 Å². The molecule has 1 saturated heterocycles. The van der Waals surface area contributed by atoms with E-state index in [-0.39, 0.29) is 23.6 Å². The standard InChI is InChI=1S/C21H32ClN5O3.C2H6/c1-14-6-5-7-17(22)18(14)20(28)24-15(2)19(26-23-3)21(29)25-16-8-10-27(11-9-16)12-13-30-4;1-2/h5-7,15-16,23H,8-13H2,1-4H3,(H,24,28)(H,25,29);1-2H3/b26-19+;. The Balaban J connectivity index is 0.00000249. The van der Waals surface area contributed by atoms with Crippen LogP contribution in [-0.4, -0.2) is 74.9 Å². The van der Waals surface area contributed by atoms with Crippen molar-refractivity contribution >= 4 is 29.1 Å². The van der Waals surface area contributed by atoms with Gasteiger partial charge in [0.15, 0.2) is 0 Å². The van der Waals surface area contributed by atoms with Crippen molar-refractivity contribution in [3.63, 3.8) is 0 Å². The summed E-state index contributed by atoms with van der Waals surface area (Å²) >= 11 is 6.19. The topological polar surface area (TPSA) is 95.1 Å². The van der Waals surface area contributed by atoms with Gasteiger partial charge in [-0.25, -0.2) is 0 Å². The Morgan fingerprint density at radius 3 is 2.50 bits per heavy atom. The maximum absolute atomic E-state index is 12.9. The van der Waals surface area contributed by atoms with Crippen molar-refractivity contribution in [2.75, 3.05) is 40.4 Å². The monoisotopic (exact) mass is 467 g/mol. The van der Waals surface area contributed by atoms with E-state index in [1.54, 1.807) is 33.2 Å². The van der Waals surface area contributed by atoms with E-state index in [1.165, 1.54) is 0 Å². The number of carbonyl (C=O) groups is 2. The third-order valence-electron chi connectivity index (χ3n) is 5.21. The summed E-state index contributed by atoms with van der Waals surface area (Å²) in [5, 5.41) is 10.4. The summed E-state index contributed by atoms with van der Waals surface area (Å²) in [6, 6.07) is 4.76. The highest BCUT2D eigenvalue weighted by Gasteiger charge is 2.27. The molecule has 1 aliphatic heterocycles. The predicted octanol–water partition coefficient (Wildman–Crippen LogP) is 2.60. The lowest BCUT2D eigenvalue weighted by atomic mass is 10.0. The largest absolute Gasteiger partial charge is 0.383 e. The number of hydrazone groups is 1. The number of hydrogen-bond acceptors (Lipinski definition) is 6. The second-order valence-corrected chi connectivity index (χ2v) is 7.84. The average molecular weight is 468 g/mol. The molecular formula is C23H38ClN5O3. The van der Waals surface area contributed by atoms with Crippen LogP contribution in [-0.2, 0) is 9.53 Å². The van der Waals surface area contributed by atoms with Gasteiger partial charge in [-0.2, -0.15) is 5.10 Å². The molecule has 1 heterocycles. The number of nitrogens with zero attached hydrogens (tertiary/aromatic N) is 2. The zero-order valence-corrected chi connectivity index (χ0v) is 20.9. The molecule has 32 heavy (non-hydrogen) atoms. The van der Waals surface area contributed by atoms with Crippen LogP contribution in [0, 0.1) is 6.92 Å². The van der Waals surface area contributed by atoms with Gasteiger partial charge >= 0.3 is 0 Å². The fourth-order valence-electron chi connectivity index (χ4n) is 3.50. The molecule has 2 amide bonds. The van der Waals surface area contributed by atoms with Gasteiger partial charge < -0.3 is 25.7 Å². The number of carbonyl (C=O) groups excluding carboxylic acids is 2. The first-order chi connectivity index (χ1) is 15.4. The van der Waals surface area contributed by atoms with Crippen LogP contribution in [0.4, 0.5) is 0 Å². The molecule has 0 aliphatic carbocycles. The Hall–Kier alpha value is -2.16. The first kappa shape index (κ1) is 27.9. The van der Waals surface area contributed by atoms with E-state index in [1.807, 2.05) is 26.8 Å². The van der Waals surface area contributed by atoms with Crippen LogP contribution in [0.5, 0.6) is 0 Å². The number of halogens is 1. The molecule has 8 nitrogen and oxygen atoms in total. The first-order valence-electron chi connectivity index (χ1n) is 11.2. The summed E-state index contributed by atoms with van der Waals surface area (Å²) in [5.74, 6) is -0.628. The SMILES string of the molecule is CC.CN/N=C(/C(=O)NC1CCN(CCOC)CC1)C(C)NC(=O)c1c(C)cccc1Cl. The normalized spacial score (nSPS) is 15.9. The van der Waals surface area contributed by atoms with Crippen molar-refractivity contribution in [2.24, 2.45) is 5.10 Å². The van der Waals surface area contributed by atoms with Gasteiger partial charge in [0.1, 0.15) is 5.71 Å². The van der Waals surface area contributed by atoms with Crippen LogP contribution >= 0.6 is 11.6 Å². The predicted molar refractivity (Wildman–Crippen MR) is 130 cm³/mol. The van der Waals surface area contributed by atoms with Gasteiger partial charge in [0.2, 0.25) is 0 Å². The van der Waals surface area contributed by atoms with Crippen molar-refractivity contribution in [2.45, 2.75) is 52.6 Å². The van der Waals surface area contributed by atoms with Crippen LogP contribution in [0.3, 0.4) is 0 Å². The van der Waals surface area contributed by atoms with E-state index < -0.39 is 6.04 Å². The lowest BCUT2D eigenvalue weighted by molar-refractivity contribution is -0.116. The molecule has 1 aromatic carbocycles. The van der Waals surface area contributed by atoms with Crippen LogP contribution in [0.1, 0.15) is 49.5 Å². The van der Waals surface area contributed by atoms with Gasteiger partial charge in [-0.1, -0.05) is 37.6 Å². The number of aryl methyl sites for hydroxylation is 1. The second-order valence-electron chi connectivity index (χ2n) is 7.43. The van der Waals surface area contributed by atoms with Gasteiger partial charge in [0.25, 0.3) is 11.8 Å². The molecule has 1 atom stereocenters. The van der Waals surface area contributed by atoms with Crippen molar-refractivity contribution in [3.05, 3.63) is 34.3 Å². The highest BCUT2D eigenvalue weighted by molar-refractivity contribution is 6.41. The molecule has 0 bridgehead atoms. The Kier molecular flexibility index (Phi) is 12.9.